The number of aromatic nitrogens is 1. The van der Waals surface area contributed by atoms with Crippen LogP contribution in [0, 0.1) is 0 Å². The van der Waals surface area contributed by atoms with Gasteiger partial charge in [0.1, 0.15) is 0 Å². The summed E-state index contributed by atoms with van der Waals surface area (Å²) < 4.78 is 0. The summed E-state index contributed by atoms with van der Waals surface area (Å²) in [6.45, 7) is 0.356. The maximum Gasteiger partial charge on any atom is 0.225 e. The second-order valence-electron chi connectivity index (χ2n) is 3.46. The fraction of sp³-hybridized carbons (Fsp3) is 0.167. The lowest BCUT2D eigenvalue weighted by atomic mass is 10.2. The molecule has 1 amide bonds. The van der Waals surface area contributed by atoms with Crippen LogP contribution in [0.5, 0.6) is 0 Å². The van der Waals surface area contributed by atoms with Gasteiger partial charge < -0.3 is 11.1 Å². The Labute approximate surface area is 106 Å². The van der Waals surface area contributed by atoms with E-state index in [2.05, 4.69) is 10.3 Å². The van der Waals surface area contributed by atoms with Crippen LogP contribution >= 0.6 is 12.4 Å². The molecule has 0 aliphatic heterocycles. The smallest absolute Gasteiger partial charge is 0.225 e. The number of pyridine rings is 1. The van der Waals surface area contributed by atoms with Gasteiger partial charge in [-0.3, -0.25) is 9.78 Å². The van der Waals surface area contributed by atoms with Gasteiger partial charge in [0.25, 0.3) is 0 Å². The molecule has 2 aromatic rings. The van der Waals surface area contributed by atoms with Crippen LogP contribution in [0.1, 0.15) is 6.42 Å². The molecule has 0 saturated carbocycles. The molecule has 17 heavy (non-hydrogen) atoms. The Bertz CT molecular complexity index is 511. The number of nitrogens with zero attached hydrogens (tertiary/aromatic N) is 1. The van der Waals surface area contributed by atoms with Gasteiger partial charge in [0.05, 0.1) is 11.2 Å². The number of amides is 1. The van der Waals surface area contributed by atoms with Crippen LogP contribution < -0.4 is 11.1 Å². The summed E-state index contributed by atoms with van der Waals surface area (Å²) in [5.74, 6) is -0.0705. The first kappa shape index (κ1) is 13.4. The van der Waals surface area contributed by atoms with E-state index in [4.69, 9.17) is 5.73 Å². The minimum absolute atomic E-state index is 0. The number of carbonyl (C=O) groups excluding carboxylic acids is 1. The van der Waals surface area contributed by atoms with Crippen molar-refractivity contribution in [2.45, 2.75) is 6.42 Å². The van der Waals surface area contributed by atoms with Gasteiger partial charge >= 0.3 is 0 Å². The summed E-state index contributed by atoms with van der Waals surface area (Å²) in [4.78, 5) is 15.7. The SMILES string of the molecule is Cl.NCCC(=O)Nc1cccc2ncccc12. The predicted molar refractivity (Wildman–Crippen MR) is 71.3 cm³/mol. The zero-order valence-electron chi connectivity index (χ0n) is 9.22. The van der Waals surface area contributed by atoms with E-state index in [9.17, 15) is 4.79 Å². The Morgan fingerprint density at radius 3 is 2.88 bits per heavy atom. The molecule has 0 aliphatic rings. The number of nitrogens with two attached hydrogens (primary N) is 1. The maximum absolute atomic E-state index is 11.4. The quantitative estimate of drug-likeness (QED) is 0.876. The van der Waals surface area contributed by atoms with Gasteiger partial charge in [-0.15, -0.1) is 12.4 Å². The molecule has 3 N–H and O–H groups in total. The molecule has 0 atom stereocenters. The van der Waals surface area contributed by atoms with Crippen molar-refractivity contribution in [1.29, 1.82) is 0 Å². The second-order valence-corrected chi connectivity index (χ2v) is 3.46. The van der Waals surface area contributed by atoms with Crippen LogP contribution in [0.25, 0.3) is 10.9 Å². The third-order valence-electron chi connectivity index (χ3n) is 2.29. The molecule has 0 saturated heterocycles. The lowest BCUT2D eigenvalue weighted by Crippen LogP contribution is -2.16. The van der Waals surface area contributed by atoms with E-state index in [0.717, 1.165) is 16.6 Å². The Hall–Kier alpha value is -1.65. The molecule has 1 aromatic heterocycles. The Kier molecular flexibility index (Phi) is 4.87. The zero-order valence-corrected chi connectivity index (χ0v) is 10.0. The highest BCUT2D eigenvalue weighted by atomic mass is 35.5. The molecular weight excluding hydrogens is 238 g/mol. The highest BCUT2D eigenvalue weighted by Crippen LogP contribution is 2.21. The van der Waals surface area contributed by atoms with Gasteiger partial charge in [-0.1, -0.05) is 6.07 Å². The third-order valence-corrected chi connectivity index (χ3v) is 2.29. The van der Waals surface area contributed by atoms with Gasteiger partial charge in [-0.05, 0) is 24.3 Å². The van der Waals surface area contributed by atoms with Gasteiger partial charge in [0.2, 0.25) is 5.91 Å². The molecule has 0 spiro atoms. The zero-order chi connectivity index (χ0) is 11.4. The molecule has 0 fully saturated rings. The van der Waals surface area contributed by atoms with Gasteiger partial charge in [-0.25, -0.2) is 0 Å². The number of halogens is 1. The first-order valence-corrected chi connectivity index (χ1v) is 5.15. The van der Waals surface area contributed by atoms with Crippen LogP contribution in [0.15, 0.2) is 36.5 Å². The predicted octanol–water partition coefficient (Wildman–Crippen LogP) is 1.94. The van der Waals surface area contributed by atoms with Crippen molar-refractivity contribution >= 4 is 34.9 Å². The Morgan fingerprint density at radius 2 is 2.12 bits per heavy atom. The fourth-order valence-corrected chi connectivity index (χ4v) is 1.56. The van der Waals surface area contributed by atoms with Crippen LogP contribution in [-0.2, 0) is 4.79 Å². The minimum Gasteiger partial charge on any atom is -0.330 e. The van der Waals surface area contributed by atoms with E-state index in [0.29, 0.717) is 13.0 Å². The van der Waals surface area contributed by atoms with Gasteiger partial charge in [0, 0.05) is 24.5 Å². The first-order chi connectivity index (χ1) is 7.81. The normalized spacial score (nSPS) is 9.71. The summed E-state index contributed by atoms with van der Waals surface area (Å²) in [6.07, 6.45) is 2.06. The van der Waals surface area contributed by atoms with E-state index in [1.807, 2.05) is 30.3 Å². The summed E-state index contributed by atoms with van der Waals surface area (Å²) >= 11 is 0. The second kappa shape index (κ2) is 6.18. The number of fused-ring (bicyclic) bond motifs is 1. The van der Waals surface area contributed by atoms with Crippen molar-refractivity contribution in [2.24, 2.45) is 5.73 Å². The molecule has 4 nitrogen and oxygen atoms in total. The van der Waals surface area contributed by atoms with Crippen LogP contribution in [0.3, 0.4) is 0 Å². The number of benzene rings is 1. The summed E-state index contributed by atoms with van der Waals surface area (Å²) in [7, 11) is 0. The van der Waals surface area contributed by atoms with Crippen molar-refractivity contribution in [3.05, 3.63) is 36.5 Å². The number of hydrogen-bond acceptors (Lipinski definition) is 3. The van der Waals surface area contributed by atoms with E-state index < -0.39 is 0 Å². The Morgan fingerprint density at radius 1 is 1.29 bits per heavy atom. The lowest BCUT2D eigenvalue weighted by molar-refractivity contribution is -0.116. The summed E-state index contributed by atoms with van der Waals surface area (Å²) in [5.41, 5.74) is 6.97. The largest absolute Gasteiger partial charge is 0.330 e. The van der Waals surface area contributed by atoms with E-state index in [-0.39, 0.29) is 18.3 Å². The van der Waals surface area contributed by atoms with Crippen molar-refractivity contribution in [3.63, 3.8) is 0 Å². The molecule has 0 unspecified atom stereocenters. The highest BCUT2D eigenvalue weighted by molar-refractivity contribution is 6.00. The maximum atomic E-state index is 11.4. The van der Waals surface area contributed by atoms with Gasteiger partial charge in [-0.2, -0.15) is 0 Å². The first-order valence-electron chi connectivity index (χ1n) is 5.15. The monoisotopic (exact) mass is 251 g/mol. The summed E-state index contributed by atoms with van der Waals surface area (Å²) in [6, 6.07) is 9.42. The standard InChI is InChI=1S/C12H13N3O.ClH/c13-7-6-12(16)15-11-5-1-4-10-9(11)3-2-8-14-10;/h1-5,8H,6-7,13H2,(H,15,16);1H. The Balaban J connectivity index is 0.00000144. The molecule has 90 valence electrons. The molecule has 1 aromatic carbocycles. The topological polar surface area (TPSA) is 68.0 Å². The third kappa shape index (κ3) is 3.15. The van der Waals surface area contributed by atoms with E-state index in [1.165, 1.54) is 0 Å². The molecule has 0 aliphatic carbocycles. The molecule has 0 bridgehead atoms. The van der Waals surface area contributed by atoms with Crippen molar-refractivity contribution in [3.8, 4) is 0 Å². The number of hydrogen-bond donors (Lipinski definition) is 2. The van der Waals surface area contributed by atoms with Crippen molar-refractivity contribution < 1.29 is 4.79 Å². The van der Waals surface area contributed by atoms with Gasteiger partial charge in [0.15, 0.2) is 0 Å². The molecule has 2 rings (SSSR count). The van der Waals surface area contributed by atoms with Crippen molar-refractivity contribution in [1.82, 2.24) is 4.98 Å². The average molecular weight is 252 g/mol. The molecule has 5 heteroatoms. The number of carbonyl (C=O) groups is 1. The number of rotatable bonds is 3. The highest BCUT2D eigenvalue weighted by Gasteiger charge is 2.04. The summed E-state index contributed by atoms with van der Waals surface area (Å²) in [5, 5.41) is 3.77. The van der Waals surface area contributed by atoms with Crippen molar-refractivity contribution in [2.75, 3.05) is 11.9 Å². The van der Waals surface area contributed by atoms with E-state index in [1.54, 1.807) is 6.20 Å². The number of anilines is 1. The van der Waals surface area contributed by atoms with Crippen LogP contribution in [0.4, 0.5) is 5.69 Å². The van der Waals surface area contributed by atoms with Crippen LogP contribution in [0.2, 0.25) is 0 Å². The van der Waals surface area contributed by atoms with Crippen LogP contribution in [-0.4, -0.2) is 17.4 Å². The fourth-order valence-electron chi connectivity index (χ4n) is 1.56. The lowest BCUT2D eigenvalue weighted by Gasteiger charge is -2.07. The minimum atomic E-state index is -0.0705. The molecule has 0 radical (unpaired) electrons. The van der Waals surface area contributed by atoms with E-state index >= 15 is 0 Å². The number of nitrogens with one attached hydrogen (secondary N) is 1. The molecular formula is C12H14ClN3O. The molecule has 1 heterocycles. The average Bonchev–Trinajstić information content (AvgIpc) is 2.30.